The standard InChI is InChI=1S/C7H6BrClO2S/c8-5-2-4-12-6(5)1-3-11-7(9)10/h2,4H,1,3H2. The highest BCUT2D eigenvalue weighted by molar-refractivity contribution is 9.10. The van der Waals surface area contributed by atoms with Crippen molar-refractivity contribution in [1.82, 2.24) is 0 Å². The van der Waals surface area contributed by atoms with E-state index < -0.39 is 5.43 Å². The Kier molecular flexibility index (Phi) is 4.05. The number of thiophene rings is 1. The molecule has 1 rings (SSSR count). The molecule has 0 saturated heterocycles. The van der Waals surface area contributed by atoms with Crippen LogP contribution in [-0.4, -0.2) is 12.0 Å². The van der Waals surface area contributed by atoms with Crippen molar-refractivity contribution in [2.75, 3.05) is 6.61 Å². The lowest BCUT2D eigenvalue weighted by Gasteiger charge is -1.98. The minimum absolute atomic E-state index is 0.335. The van der Waals surface area contributed by atoms with Crippen LogP contribution in [0.5, 0.6) is 0 Å². The molecule has 0 fully saturated rings. The van der Waals surface area contributed by atoms with Gasteiger partial charge in [-0.2, -0.15) is 0 Å². The largest absolute Gasteiger partial charge is 0.453 e. The minimum Gasteiger partial charge on any atom is -0.453 e. The summed E-state index contributed by atoms with van der Waals surface area (Å²) in [5.41, 5.74) is -0.748. The monoisotopic (exact) mass is 268 g/mol. The summed E-state index contributed by atoms with van der Waals surface area (Å²) in [6.45, 7) is 0.335. The number of hydrogen-bond acceptors (Lipinski definition) is 3. The van der Waals surface area contributed by atoms with Gasteiger partial charge in [-0.05, 0) is 27.4 Å². The number of carbonyl (C=O) groups excluding carboxylic acids is 1. The van der Waals surface area contributed by atoms with Crippen LogP contribution in [0.3, 0.4) is 0 Å². The fraction of sp³-hybridized carbons (Fsp3) is 0.286. The van der Waals surface area contributed by atoms with Crippen LogP contribution in [0.1, 0.15) is 4.88 Å². The third kappa shape index (κ3) is 3.13. The van der Waals surface area contributed by atoms with Gasteiger partial charge in [-0.25, -0.2) is 4.79 Å². The van der Waals surface area contributed by atoms with E-state index in [0.717, 1.165) is 9.35 Å². The first-order chi connectivity index (χ1) is 5.70. The predicted octanol–water partition coefficient (Wildman–Crippen LogP) is 3.43. The summed E-state index contributed by atoms with van der Waals surface area (Å²) in [5.74, 6) is 0. The van der Waals surface area contributed by atoms with Gasteiger partial charge in [0.2, 0.25) is 0 Å². The molecule has 1 aromatic rings. The quantitative estimate of drug-likeness (QED) is 0.786. The Labute approximate surface area is 87.6 Å². The molecule has 0 aromatic carbocycles. The summed E-state index contributed by atoms with van der Waals surface area (Å²) in [5, 5.41) is 1.97. The Bertz CT molecular complexity index is 274. The number of hydrogen-bond donors (Lipinski definition) is 0. The van der Waals surface area contributed by atoms with E-state index in [4.69, 9.17) is 11.6 Å². The second kappa shape index (κ2) is 4.84. The maximum Gasteiger partial charge on any atom is 0.403 e. The molecule has 0 aliphatic carbocycles. The van der Waals surface area contributed by atoms with Crippen molar-refractivity contribution in [2.24, 2.45) is 0 Å². The van der Waals surface area contributed by atoms with Gasteiger partial charge < -0.3 is 4.74 Å². The van der Waals surface area contributed by atoms with Crippen LogP contribution in [0.2, 0.25) is 0 Å². The molecular weight excluding hydrogens is 263 g/mol. The van der Waals surface area contributed by atoms with E-state index in [2.05, 4.69) is 20.7 Å². The molecule has 0 aliphatic heterocycles. The molecule has 2 nitrogen and oxygen atoms in total. The lowest BCUT2D eigenvalue weighted by atomic mass is 10.4. The average molecular weight is 270 g/mol. The number of ether oxygens (including phenoxy) is 1. The zero-order chi connectivity index (χ0) is 8.97. The van der Waals surface area contributed by atoms with E-state index in [1.807, 2.05) is 11.4 Å². The minimum atomic E-state index is -0.748. The molecule has 0 saturated carbocycles. The van der Waals surface area contributed by atoms with Crippen LogP contribution in [-0.2, 0) is 11.2 Å². The molecule has 0 amide bonds. The first-order valence-corrected chi connectivity index (χ1v) is 5.29. The Hall–Kier alpha value is -0.0600. The lowest BCUT2D eigenvalue weighted by molar-refractivity contribution is 0.175. The lowest BCUT2D eigenvalue weighted by Crippen LogP contribution is -1.98. The molecule has 5 heteroatoms. The van der Waals surface area contributed by atoms with Crippen LogP contribution in [0, 0.1) is 0 Å². The SMILES string of the molecule is O=C(Cl)OCCc1sccc1Br. The summed E-state index contributed by atoms with van der Waals surface area (Å²) in [6.07, 6.45) is 0.705. The summed E-state index contributed by atoms with van der Waals surface area (Å²) >= 11 is 9.98. The van der Waals surface area contributed by atoms with Crippen LogP contribution in [0.15, 0.2) is 15.9 Å². The van der Waals surface area contributed by atoms with Crippen LogP contribution >= 0.6 is 38.9 Å². The zero-order valence-corrected chi connectivity index (χ0v) is 9.21. The van der Waals surface area contributed by atoms with E-state index in [-0.39, 0.29) is 0 Å². The van der Waals surface area contributed by atoms with Gasteiger partial charge in [-0.15, -0.1) is 11.3 Å². The van der Waals surface area contributed by atoms with Crippen molar-refractivity contribution in [3.05, 3.63) is 20.8 Å². The fourth-order valence-electron chi connectivity index (χ4n) is 0.727. The number of rotatable bonds is 3. The third-order valence-corrected chi connectivity index (χ3v) is 3.33. The van der Waals surface area contributed by atoms with Gasteiger partial charge in [-0.1, -0.05) is 0 Å². The van der Waals surface area contributed by atoms with E-state index in [1.165, 1.54) is 0 Å². The molecule has 12 heavy (non-hydrogen) atoms. The Balaban J connectivity index is 2.33. The molecule has 0 bridgehead atoms. The Morgan fingerprint density at radius 2 is 2.50 bits per heavy atom. The third-order valence-electron chi connectivity index (χ3n) is 1.24. The maximum atomic E-state index is 10.2. The molecular formula is C7H6BrClO2S. The number of carbonyl (C=O) groups is 1. The predicted molar refractivity (Wildman–Crippen MR) is 52.9 cm³/mol. The van der Waals surface area contributed by atoms with Gasteiger partial charge in [0.15, 0.2) is 0 Å². The fourth-order valence-corrected chi connectivity index (χ4v) is 2.34. The molecule has 1 heterocycles. The smallest absolute Gasteiger partial charge is 0.403 e. The second-order valence-electron chi connectivity index (χ2n) is 2.03. The van der Waals surface area contributed by atoms with E-state index >= 15 is 0 Å². The Morgan fingerprint density at radius 3 is 3.00 bits per heavy atom. The summed E-state index contributed by atoms with van der Waals surface area (Å²) < 4.78 is 5.64. The average Bonchev–Trinajstić information content (AvgIpc) is 2.36. The molecule has 0 unspecified atom stereocenters. The van der Waals surface area contributed by atoms with Crippen LogP contribution in [0.4, 0.5) is 4.79 Å². The summed E-state index contributed by atoms with van der Waals surface area (Å²) in [6, 6.07) is 1.96. The maximum absolute atomic E-state index is 10.2. The van der Waals surface area contributed by atoms with Crippen molar-refractivity contribution < 1.29 is 9.53 Å². The normalized spacial score (nSPS) is 9.83. The number of halogens is 2. The van der Waals surface area contributed by atoms with Crippen LogP contribution < -0.4 is 0 Å². The molecule has 1 aromatic heterocycles. The molecule has 0 aliphatic rings. The van der Waals surface area contributed by atoms with Crippen molar-refractivity contribution in [1.29, 1.82) is 0 Å². The summed E-state index contributed by atoms with van der Waals surface area (Å²) in [7, 11) is 0. The Morgan fingerprint density at radius 1 is 1.75 bits per heavy atom. The van der Waals surface area contributed by atoms with Gasteiger partial charge in [0.1, 0.15) is 0 Å². The molecule has 0 spiro atoms. The first kappa shape index (κ1) is 10.0. The van der Waals surface area contributed by atoms with Gasteiger partial charge >= 0.3 is 5.43 Å². The van der Waals surface area contributed by atoms with Gasteiger partial charge in [-0.3, -0.25) is 0 Å². The molecule has 0 atom stereocenters. The molecule has 0 N–H and O–H groups in total. The van der Waals surface area contributed by atoms with Crippen molar-refractivity contribution in [3.8, 4) is 0 Å². The van der Waals surface area contributed by atoms with Crippen molar-refractivity contribution in [3.63, 3.8) is 0 Å². The topological polar surface area (TPSA) is 26.3 Å². The molecule has 66 valence electrons. The van der Waals surface area contributed by atoms with Gasteiger partial charge in [0.05, 0.1) is 6.61 Å². The first-order valence-electron chi connectivity index (χ1n) is 3.24. The van der Waals surface area contributed by atoms with Gasteiger partial charge in [0.25, 0.3) is 0 Å². The van der Waals surface area contributed by atoms with E-state index in [1.54, 1.807) is 11.3 Å². The second-order valence-corrected chi connectivity index (χ2v) is 4.19. The molecule has 0 radical (unpaired) electrons. The van der Waals surface area contributed by atoms with Crippen LogP contribution in [0.25, 0.3) is 0 Å². The highest BCUT2D eigenvalue weighted by Crippen LogP contribution is 2.22. The highest BCUT2D eigenvalue weighted by Gasteiger charge is 2.02. The van der Waals surface area contributed by atoms with Crippen molar-refractivity contribution in [2.45, 2.75) is 6.42 Å². The zero-order valence-electron chi connectivity index (χ0n) is 6.05. The highest BCUT2D eigenvalue weighted by atomic mass is 79.9. The summed E-state index contributed by atoms with van der Waals surface area (Å²) in [4.78, 5) is 11.4. The van der Waals surface area contributed by atoms with Gasteiger partial charge in [0, 0.05) is 27.4 Å². The van der Waals surface area contributed by atoms with E-state index in [0.29, 0.717) is 13.0 Å². The van der Waals surface area contributed by atoms with Crippen molar-refractivity contribution >= 4 is 44.3 Å². The van der Waals surface area contributed by atoms with E-state index in [9.17, 15) is 4.79 Å².